The largest absolute Gasteiger partial charge is 0.504 e. The van der Waals surface area contributed by atoms with Crippen molar-refractivity contribution >= 4 is 68.2 Å². The molecule has 0 radical (unpaired) electrons. The van der Waals surface area contributed by atoms with E-state index in [0.29, 0.717) is 23.6 Å². The number of aryl methyl sites for hydroxylation is 1. The summed E-state index contributed by atoms with van der Waals surface area (Å²) in [4.78, 5) is 49.4. The molecule has 7 N–H and O–H groups in total. The molecule has 2 atom stereocenters. The highest BCUT2D eigenvalue weighted by molar-refractivity contribution is 8.00. The SMILES string of the molecule is Cc1c(O)c(O)cc2cc[n+](CC3=C(c4nnn[nH]4)N4C(=O)[C@@H](NC(=O)/C(=N\OC(C)(C)C(=O)O)c5csc(N)n5)[C@H]4SC3)cc12. The number of benzene rings is 1. The van der Waals surface area contributed by atoms with Crippen LogP contribution in [0.3, 0.4) is 0 Å². The Labute approximate surface area is 267 Å². The number of aromatic nitrogens is 6. The van der Waals surface area contributed by atoms with Crippen LogP contribution in [0.2, 0.25) is 0 Å². The molecule has 2 aliphatic rings. The van der Waals surface area contributed by atoms with Crippen LogP contribution in [0, 0.1) is 6.92 Å². The number of thiazole rings is 1. The number of aromatic amines is 1. The fraction of sp³-hybridized carbons (Fsp3) is 0.296. The number of nitrogens with zero attached hydrogens (tertiary/aromatic N) is 7. The Morgan fingerprint density at radius 2 is 2.13 bits per heavy atom. The molecule has 2 amide bonds. The second-order valence-corrected chi connectivity index (χ2v) is 13.0. The highest BCUT2D eigenvalue weighted by Gasteiger charge is 2.54. The van der Waals surface area contributed by atoms with Crippen LogP contribution in [0.5, 0.6) is 11.5 Å². The third kappa shape index (κ3) is 5.42. The Hall–Kier alpha value is -5.30. The number of fused-ring (bicyclic) bond motifs is 2. The lowest BCUT2D eigenvalue weighted by Gasteiger charge is -2.49. The summed E-state index contributed by atoms with van der Waals surface area (Å²) in [5.41, 5.74) is 5.52. The standard InChI is InChI=1S/C27H26N10O7S2/c1-11-14-8-36(5-4-12(14)6-16(38)20(11)39)7-13-9-45-24-18(23(41)37(24)19(13)21-31-34-35-32-21)30-22(40)17(15-10-46-26(28)29-15)33-44-27(2,3)25(42)43/h4-6,8,10,18,24H,7,9H2,1-3H3,(H6,28,29,30,31,32,34,35,39,40,42,43)/p+1/b33-17-/t18-,24-/m1/s1. The minimum Gasteiger partial charge on any atom is -0.504 e. The van der Waals surface area contributed by atoms with E-state index in [0.717, 1.165) is 27.7 Å². The molecule has 19 heteroatoms. The Balaban J connectivity index is 1.28. The quantitative estimate of drug-likeness (QED) is 0.0468. The number of nitrogen functional groups attached to an aromatic ring is 1. The molecule has 1 fully saturated rings. The van der Waals surface area contributed by atoms with Crippen LogP contribution < -0.4 is 15.6 Å². The van der Waals surface area contributed by atoms with Gasteiger partial charge in [0.2, 0.25) is 5.60 Å². The first-order valence-electron chi connectivity index (χ1n) is 13.6. The molecule has 0 aliphatic carbocycles. The van der Waals surface area contributed by atoms with E-state index in [9.17, 15) is 29.7 Å². The number of thioether (sulfide) groups is 1. The molecule has 0 saturated carbocycles. The van der Waals surface area contributed by atoms with Gasteiger partial charge in [-0.2, -0.15) is 0 Å². The highest BCUT2D eigenvalue weighted by Crippen LogP contribution is 2.43. The Bertz CT molecular complexity index is 1960. The number of anilines is 1. The summed E-state index contributed by atoms with van der Waals surface area (Å²) < 4.78 is 1.89. The molecule has 0 spiro atoms. The molecule has 1 saturated heterocycles. The fourth-order valence-electron chi connectivity index (χ4n) is 4.94. The normalized spacial score (nSPS) is 18.4. The van der Waals surface area contributed by atoms with Crippen molar-refractivity contribution in [2.45, 2.75) is 44.3 Å². The maximum absolute atomic E-state index is 13.6. The number of oxime groups is 1. The van der Waals surface area contributed by atoms with Gasteiger partial charge in [-0.25, -0.2) is 19.4 Å². The van der Waals surface area contributed by atoms with Crippen LogP contribution in [0.4, 0.5) is 5.13 Å². The number of nitrogens with two attached hydrogens (primary N) is 1. The van der Waals surface area contributed by atoms with E-state index in [1.807, 2.05) is 23.0 Å². The second kappa shape index (κ2) is 11.6. The summed E-state index contributed by atoms with van der Waals surface area (Å²) >= 11 is 2.47. The molecule has 4 aromatic rings. The number of aliphatic carboxylic acids is 1. The van der Waals surface area contributed by atoms with Crippen molar-refractivity contribution < 1.29 is 39.1 Å². The van der Waals surface area contributed by atoms with Gasteiger partial charge in [0.05, 0.1) is 11.1 Å². The van der Waals surface area contributed by atoms with E-state index in [4.69, 9.17) is 10.6 Å². The van der Waals surface area contributed by atoms with E-state index >= 15 is 0 Å². The number of tetrazole rings is 1. The van der Waals surface area contributed by atoms with Crippen molar-refractivity contribution in [2.24, 2.45) is 5.16 Å². The summed E-state index contributed by atoms with van der Waals surface area (Å²) in [6, 6.07) is 2.33. The highest BCUT2D eigenvalue weighted by atomic mass is 32.2. The average molecular weight is 668 g/mol. The second-order valence-electron chi connectivity index (χ2n) is 11.0. The maximum Gasteiger partial charge on any atom is 0.350 e. The van der Waals surface area contributed by atoms with Crippen LogP contribution >= 0.6 is 23.1 Å². The Morgan fingerprint density at radius 3 is 2.80 bits per heavy atom. The zero-order valence-corrected chi connectivity index (χ0v) is 26.1. The average Bonchev–Trinajstić information content (AvgIpc) is 3.71. The molecule has 1 aromatic carbocycles. The molecule has 3 aromatic heterocycles. The number of carboxylic acids is 1. The van der Waals surface area contributed by atoms with E-state index in [1.165, 1.54) is 42.0 Å². The van der Waals surface area contributed by atoms with E-state index < -0.39 is 34.8 Å². The molecule has 2 aliphatic heterocycles. The molecule has 6 rings (SSSR count). The first kappa shape index (κ1) is 30.7. The zero-order valence-electron chi connectivity index (χ0n) is 24.5. The number of carbonyl (C=O) groups is 3. The van der Waals surface area contributed by atoms with Crippen LogP contribution in [0.1, 0.15) is 30.9 Å². The number of hydrogen-bond donors (Lipinski definition) is 6. The van der Waals surface area contributed by atoms with Crippen LogP contribution in [-0.2, 0) is 25.8 Å². The number of aromatic hydroxyl groups is 2. The van der Waals surface area contributed by atoms with Crippen molar-refractivity contribution in [1.29, 1.82) is 0 Å². The smallest absolute Gasteiger partial charge is 0.350 e. The number of nitrogens with one attached hydrogen (secondary N) is 2. The Morgan fingerprint density at radius 1 is 1.35 bits per heavy atom. The number of phenols is 2. The number of carbonyl (C=O) groups excluding carboxylic acids is 2. The lowest BCUT2D eigenvalue weighted by molar-refractivity contribution is -0.687. The van der Waals surface area contributed by atoms with Crippen molar-refractivity contribution in [2.75, 3.05) is 11.5 Å². The van der Waals surface area contributed by atoms with Crippen molar-refractivity contribution in [1.82, 2.24) is 35.8 Å². The van der Waals surface area contributed by atoms with Gasteiger partial charge in [0, 0.05) is 28.3 Å². The third-order valence-electron chi connectivity index (χ3n) is 7.48. The van der Waals surface area contributed by atoms with Gasteiger partial charge < -0.3 is 31.2 Å². The van der Waals surface area contributed by atoms with Crippen molar-refractivity contribution in [3.8, 4) is 11.5 Å². The molecule has 5 heterocycles. The number of pyridine rings is 1. The van der Waals surface area contributed by atoms with Gasteiger partial charge in [0.1, 0.15) is 17.1 Å². The summed E-state index contributed by atoms with van der Waals surface area (Å²) in [5, 5.41) is 52.8. The van der Waals surface area contributed by atoms with Gasteiger partial charge in [-0.05, 0) is 42.7 Å². The van der Waals surface area contributed by atoms with Crippen LogP contribution in [0.15, 0.2) is 40.6 Å². The molecule has 0 bridgehead atoms. The van der Waals surface area contributed by atoms with E-state index in [-0.39, 0.29) is 33.9 Å². The van der Waals surface area contributed by atoms with Gasteiger partial charge in [0.15, 0.2) is 47.1 Å². The summed E-state index contributed by atoms with van der Waals surface area (Å²) in [7, 11) is 0. The molecular weight excluding hydrogens is 640 g/mol. The van der Waals surface area contributed by atoms with Crippen molar-refractivity contribution in [3.05, 3.63) is 52.6 Å². The minimum atomic E-state index is -1.75. The topological polar surface area (TPSA) is 246 Å². The van der Waals surface area contributed by atoms with Gasteiger partial charge in [-0.1, -0.05) is 5.16 Å². The maximum atomic E-state index is 13.6. The number of H-pyrrole nitrogens is 1. The van der Waals surface area contributed by atoms with Gasteiger partial charge in [0.25, 0.3) is 11.8 Å². The summed E-state index contributed by atoms with van der Waals surface area (Å²) in [6.07, 6.45) is 3.66. The molecule has 46 heavy (non-hydrogen) atoms. The third-order valence-corrected chi connectivity index (χ3v) is 9.50. The predicted octanol–water partition coefficient (Wildman–Crippen LogP) is 0.494. The van der Waals surface area contributed by atoms with Crippen LogP contribution in [0.25, 0.3) is 16.5 Å². The Kier molecular flexibility index (Phi) is 7.72. The number of hydrogen-bond acceptors (Lipinski definition) is 14. The number of phenolic OH excluding ortho intramolecular Hbond substituents is 2. The summed E-state index contributed by atoms with van der Waals surface area (Å²) in [5.74, 6) is -2.23. The molecule has 0 unspecified atom stereocenters. The molecular formula is C27H27N10O7S2+. The summed E-state index contributed by atoms with van der Waals surface area (Å²) in [6.45, 7) is 4.59. The van der Waals surface area contributed by atoms with Crippen molar-refractivity contribution in [3.63, 3.8) is 0 Å². The van der Waals surface area contributed by atoms with Gasteiger partial charge in [-0.3, -0.25) is 14.5 Å². The first-order valence-corrected chi connectivity index (χ1v) is 15.6. The molecule has 238 valence electrons. The zero-order chi connectivity index (χ0) is 32.9. The van der Waals surface area contributed by atoms with Gasteiger partial charge in [-0.15, -0.1) is 28.2 Å². The number of rotatable bonds is 9. The minimum absolute atomic E-state index is 0.0582. The number of β-lactam (4-membered cyclic amide) rings is 1. The monoisotopic (exact) mass is 667 g/mol. The first-order chi connectivity index (χ1) is 21.9. The van der Waals surface area contributed by atoms with E-state index in [1.54, 1.807) is 6.92 Å². The van der Waals surface area contributed by atoms with E-state index in [2.05, 4.69) is 36.1 Å². The predicted molar refractivity (Wildman–Crippen MR) is 164 cm³/mol. The van der Waals surface area contributed by atoms with Crippen LogP contribution in [-0.4, -0.2) is 92.1 Å². The van der Waals surface area contributed by atoms with Gasteiger partial charge >= 0.3 is 5.97 Å². The fourth-order valence-corrected chi connectivity index (χ4v) is 6.83. The number of amides is 2. The lowest BCUT2D eigenvalue weighted by Crippen LogP contribution is -2.70. The molecule has 17 nitrogen and oxygen atoms in total. The lowest BCUT2D eigenvalue weighted by atomic mass is 10.0. The number of carboxylic acid groups (broad SMARTS) is 1.